The van der Waals surface area contributed by atoms with Gasteiger partial charge in [-0.2, -0.15) is 5.26 Å². The summed E-state index contributed by atoms with van der Waals surface area (Å²) in [6, 6.07) is 4.67. The highest BCUT2D eigenvalue weighted by Gasteiger charge is 2.13. The molecule has 0 aliphatic heterocycles. The number of rotatable bonds is 3. The first-order valence-electron chi connectivity index (χ1n) is 4.63. The van der Waals surface area contributed by atoms with E-state index in [1.807, 2.05) is 0 Å². The third kappa shape index (κ3) is 3.79. The highest BCUT2D eigenvalue weighted by atomic mass is 16.5. The Labute approximate surface area is 97.4 Å². The van der Waals surface area contributed by atoms with Crippen LogP contribution in [0, 0.1) is 11.3 Å². The Morgan fingerprint density at radius 2 is 2.29 bits per heavy atom. The molecule has 17 heavy (non-hydrogen) atoms. The number of carbonyl (C=O) groups excluding carboxylic acids is 2. The summed E-state index contributed by atoms with van der Waals surface area (Å²) >= 11 is 0. The lowest BCUT2D eigenvalue weighted by atomic mass is 10.4. The summed E-state index contributed by atoms with van der Waals surface area (Å²) in [5.74, 6) is -1.41. The molecule has 0 saturated carbocycles. The van der Waals surface area contributed by atoms with Gasteiger partial charge in [-0.1, -0.05) is 0 Å². The number of hydrogen-bond acceptors (Lipinski definition) is 5. The minimum Gasteiger partial charge on any atom is -0.481 e. The normalized spacial score (nSPS) is 8.94. The van der Waals surface area contributed by atoms with Crippen LogP contribution < -0.4 is 15.4 Å². The standard InChI is InChI=1S/C10H10N4O3/c1-17-8-6-7(2-4-12-8)14-10(16)9(15)13-5-3-11/h2,4,6H,5H2,1H3,(H,13,15)(H,12,14,16). The van der Waals surface area contributed by atoms with Crippen LogP contribution in [-0.4, -0.2) is 30.5 Å². The average Bonchev–Trinajstić information content (AvgIpc) is 2.36. The van der Waals surface area contributed by atoms with Gasteiger partial charge in [0.15, 0.2) is 0 Å². The molecule has 1 aromatic heterocycles. The topological polar surface area (TPSA) is 104 Å². The van der Waals surface area contributed by atoms with Crippen molar-refractivity contribution in [3.63, 3.8) is 0 Å². The summed E-state index contributed by atoms with van der Waals surface area (Å²) in [5.41, 5.74) is 0.383. The van der Waals surface area contributed by atoms with Crippen LogP contribution in [-0.2, 0) is 9.59 Å². The summed E-state index contributed by atoms with van der Waals surface area (Å²) in [4.78, 5) is 26.3. The summed E-state index contributed by atoms with van der Waals surface area (Å²) in [5, 5.41) is 12.7. The Morgan fingerprint density at radius 3 is 2.94 bits per heavy atom. The first kappa shape index (κ1) is 12.4. The Hall–Kier alpha value is -2.62. The lowest BCUT2D eigenvalue weighted by Gasteiger charge is -2.05. The van der Waals surface area contributed by atoms with E-state index >= 15 is 0 Å². The molecule has 0 aliphatic rings. The summed E-state index contributed by atoms with van der Waals surface area (Å²) < 4.78 is 4.86. The van der Waals surface area contributed by atoms with Crippen molar-refractivity contribution in [2.24, 2.45) is 0 Å². The highest BCUT2D eigenvalue weighted by molar-refractivity contribution is 6.39. The maximum absolute atomic E-state index is 11.3. The molecule has 0 radical (unpaired) electrons. The number of aromatic nitrogens is 1. The van der Waals surface area contributed by atoms with E-state index < -0.39 is 11.8 Å². The maximum Gasteiger partial charge on any atom is 0.313 e. The lowest BCUT2D eigenvalue weighted by Crippen LogP contribution is -2.35. The van der Waals surface area contributed by atoms with E-state index in [1.54, 1.807) is 6.07 Å². The SMILES string of the molecule is COc1cc(NC(=O)C(=O)NCC#N)ccn1. The molecule has 0 aliphatic carbocycles. The number of anilines is 1. The number of amides is 2. The number of methoxy groups -OCH3 is 1. The number of pyridine rings is 1. The molecular formula is C10H10N4O3. The molecule has 0 aromatic carbocycles. The number of carbonyl (C=O) groups is 2. The molecule has 88 valence electrons. The van der Waals surface area contributed by atoms with Gasteiger partial charge in [0.25, 0.3) is 0 Å². The van der Waals surface area contributed by atoms with E-state index in [-0.39, 0.29) is 6.54 Å². The second kappa shape index (κ2) is 6.07. The first-order chi connectivity index (χ1) is 8.17. The fraction of sp³-hybridized carbons (Fsp3) is 0.200. The molecule has 7 nitrogen and oxygen atoms in total. The quantitative estimate of drug-likeness (QED) is 0.550. The van der Waals surface area contributed by atoms with Crippen molar-refractivity contribution in [3.8, 4) is 11.9 Å². The van der Waals surface area contributed by atoms with Crippen molar-refractivity contribution >= 4 is 17.5 Å². The number of nitrogens with zero attached hydrogens (tertiary/aromatic N) is 2. The fourth-order valence-corrected chi connectivity index (χ4v) is 0.987. The van der Waals surface area contributed by atoms with E-state index in [1.165, 1.54) is 25.4 Å². The van der Waals surface area contributed by atoms with Crippen molar-refractivity contribution in [2.75, 3.05) is 19.0 Å². The number of nitrogens with one attached hydrogen (secondary N) is 2. The third-order valence-electron chi connectivity index (χ3n) is 1.74. The molecule has 1 rings (SSSR count). The monoisotopic (exact) mass is 234 g/mol. The molecule has 0 atom stereocenters. The molecular weight excluding hydrogens is 224 g/mol. The van der Waals surface area contributed by atoms with Crippen molar-refractivity contribution in [2.45, 2.75) is 0 Å². The van der Waals surface area contributed by atoms with Crippen LogP contribution >= 0.6 is 0 Å². The van der Waals surface area contributed by atoms with Crippen LogP contribution in [0.5, 0.6) is 5.88 Å². The van der Waals surface area contributed by atoms with Crippen molar-refractivity contribution in [3.05, 3.63) is 18.3 Å². The molecule has 2 amide bonds. The molecule has 1 aromatic rings. The molecule has 2 N–H and O–H groups in total. The molecule has 0 unspecified atom stereocenters. The van der Waals surface area contributed by atoms with Gasteiger partial charge in [-0.05, 0) is 6.07 Å². The van der Waals surface area contributed by atoms with E-state index in [0.29, 0.717) is 11.6 Å². The highest BCUT2D eigenvalue weighted by Crippen LogP contribution is 2.12. The van der Waals surface area contributed by atoms with Crippen LogP contribution in [0.25, 0.3) is 0 Å². The number of nitriles is 1. The zero-order chi connectivity index (χ0) is 12.7. The van der Waals surface area contributed by atoms with Gasteiger partial charge < -0.3 is 15.4 Å². The zero-order valence-electron chi connectivity index (χ0n) is 9.06. The van der Waals surface area contributed by atoms with Gasteiger partial charge in [0.2, 0.25) is 5.88 Å². The predicted octanol–water partition coefficient (Wildman–Crippen LogP) is -0.332. The smallest absolute Gasteiger partial charge is 0.313 e. The van der Waals surface area contributed by atoms with E-state index in [9.17, 15) is 9.59 Å². The molecule has 0 spiro atoms. The molecule has 1 heterocycles. The summed E-state index contributed by atoms with van der Waals surface area (Å²) in [7, 11) is 1.44. The van der Waals surface area contributed by atoms with Gasteiger partial charge in [0.1, 0.15) is 6.54 Å². The van der Waals surface area contributed by atoms with Crippen LogP contribution in [0.1, 0.15) is 0 Å². The molecule has 0 fully saturated rings. The Bertz CT molecular complexity index is 467. The van der Waals surface area contributed by atoms with Crippen molar-refractivity contribution in [1.29, 1.82) is 5.26 Å². The Kier molecular flexibility index (Phi) is 4.45. The van der Waals surface area contributed by atoms with Gasteiger partial charge >= 0.3 is 11.8 Å². The van der Waals surface area contributed by atoms with Crippen LogP contribution in [0.3, 0.4) is 0 Å². The van der Waals surface area contributed by atoms with Gasteiger partial charge in [0, 0.05) is 18.0 Å². The van der Waals surface area contributed by atoms with Crippen molar-refractivity contribution < 1.29 is 14.3 Å². The zero-order valence-corrected chi connectivity index (χ0v) is 9.06. The molecule has 0 bridgehead atoms. The predicted molar refractivity (Wildman–Crippen MR) is 58.0 cm³/mol. The maximum atomic E-state index is 11.3. The van der Waals surface area contributed by atoms with E-state index in [2.05, 4.69) is 15.6 Å². The number of ether oxygens (including phenoxy) is 1. The summed E-state index contributed by atoms with van der Waals surface area (Å²) in [6.45, 7) is -0.216. The summed E-state index contributed by atoms with van der Waals surface area (Å²) in [6.07, 6.45) is 1.43. The van der Waals surface area contributed by atoms with Gasteiger partial charge in [0.05, 0.1) is 13.2 Å². The van der Waals surface area contributed by atoms with E-state index in [4.69, 9.17) is 10.00 Å². The largest absolute Gasteiger partial charge is 0.481 e. The average molecular weight is 234 g/mol. The third-order valence-corrected chi connectivity index (χ3v) is 1.74. The Balaban J connectivity index is 2.61. The first-order valence-corrected chi connectivity index (χ1v) is 4.63. The second-order valence-corrected chi connectivity index (χ2v) is 2.88. The molecule has 7 heteroatoms. The van der Waals surface area contributed by atoms with Crippen LogP contribution in [0.2, 0.25) is 0 Å². The van der Waals surface area contributed by atoms with E-state index in [0.717, 1.165) is 0 Å². The lowest BCUT2D eigenvalue weighted by molar-refractivity contribution is -0.136. The van der Waals surface area contributed by atoms with Crippen LogP contribution in [0.4, 0.5) is 5.69 Å². The van der Waals surface area contributed by atoms with Gasteiger partial charge in [-0.15, -0.1) is 0 Å². The minimum absolute atomic E-state index is 0.216. The van der Waals surface area contributed by atoms with Crippen LogP contribution in [0.15, 0.2) is 18.3 Å². The number of hydrogen-bond donors (Lipinski definition) is 2. The fourth-order valence-electron chi connectivity index (χ4n) is 0.987. The minimum atomic E-state index is -0.873. The Morgan fingerprint density at radius 1 is 1.53 bits per heavy atom. The van der Waals surface area contributed by atoms with Gasteiger partial charge in [-0.25, -0.2) is 4.98 Å². The van der Waals surface area contributed by atoms with Crippen molar-refractivity contribution in [1.82, 2.24) is 10.3 Å². The second-order valence-electron chi connectivity index (χ2n) is 2.88. The van der Waals surface area contributed by atoms with Gasteiger partial charge in [-0.3, -0.25) is 9.59 Å². The molecule has 0 saturated heterocycles.